The van der Waals surface area contributed by atoms with Gasteiger partial charge in [0, 0.05) is 41.8 Å². The van der Waals surface area contributed by atoms with Crippen LogP contribution in [0.5, 0.6) is 0 Å². The number of aryl methyl sites for hydroxylation is 1. The standard InChI is InChI=1S/C30H31N5O4S/c1-22-18-26(23(2)35(22)28-12-8-5-9-13-28)19-31-33-30(37)21-34(20-25-10-6-4-7-11-25)40(38,39)29-16-14-27(15-17-29)32-24(3)36/h4-19H,20-21H2,1-3H3,(H,32,36)(H,33,37)/b31-19-. The van der Waals surface area contributed by atoms with Gasteiger partial charge in [-0.05, 0) is 61.9 Å². The molecule has 0 radical (unpaired) electrons. The molecule has 0 atom stereocenters. The minimum Gasteiger partial charge on any atom is -0.326 e. The summed E-state index contributed by atoms with van der Waals surface area (Å²) in [6.07, 6.45) is 1.55. The van der Waals surface area contributed by atoms with Crippen LogP contribution in [0.15, 0.2) is 101 Å². The van der Waals surface area contributed by atoms with E-state index in [4.69, 9.17) is 0 Å². The van der Waals surface area contributed by atoms with Gasteiger partial charge in [0.1, 0.15) is 0 Å². The second-order valence-corrected chi connectivity index (χ2v) is 11.2. The largest absolute Gasteiger partial charge is 0.326 e. The number of carbonyl (C=O) groups is 2. The van der Waals surface area contributed by atoms with Crippen LogP contribution in [0.25, 0.3) is 5.69 Å². The van der Waals surface area contributed by atoms with Gasteiger partial charge >= 0.3 is 0 Å². The number of nitrogens with zero attached hydrogens (tertiary/aromatic N) is 3. The first kappa shape index (κ1) is 28.5. The van der Waals surface area contributed by atoms with Gasteiger partial charge < -0.3 is 9.88 Å². The zero-order valence-corrected chi connectivity index (χ0v) is 23.4. The monoisotopic (exact) mass is 557 g/mol. The van der Waals surface area contributed by atoms with Gasteiger partial charge in [0.15, 0.2) is 0 Å². The molecule has 206 valence electrons. The number of hydrogen-bond donors (Lipinski definition) is 2. The third kappa shape index (κ3) is 6.90. The van der Waals surface area contributed by atoms with Crippen molar-refractivity contribution in [2.45, 2.75) is 32.2 Å². The average Bonchev–Trinajstić information content (AvgIpc) is 3.21. The zero-order chi connectivity index (χ0) is 28.7. The number of sulfonamides is 1. The lowest BCUT2D eigenvalue weighted by Crippen LogP contribution is -2.39. The summed E-state index contributed by atoms with van der Waals surface area (Å²) < 4.78 is 30.3. The van der Waals surface area contributed by atoms with Crippen LogP contribution in [0.1, 0.15) is 29.4 Å². The Labute approximate surface area is 234 Å². The first-order valence-corrected chi connectivity index (χ1v) is 14.1. The number of amides is 2. The van der Waals surface area contributed by atoms with Crippen molar-refractivity contribution < 1.29 is 18.0 Å². The van der Waals surface area contributed by atoms with Gasteiger partial charge in [0.05, 0.1) is 17.7 Å². The Bertz CT molecular complexity index is 1610. The second-order valence-electron chi connectivity index (χ2n) is 9.25. The average molecular weight is 558 g/mol. The van der Waals surface area contributed by atoms with E-state index in [0.29, 0.717) is 5.69 Å². The lowest BCUT2D eigenvalue weighted by Gasteiger charge is -2.21. The van der Waals surface area contributed by atoms with E-state index < -0.39 is 22.5 Å². The summed E-state index contributed by atoms with van der Waals surface area (Å²) in [5.74, 6) is -0.844. The molecule has 1 heterocycles. The fourth-order valence-electron chi connectivity index (χ4n) is 4.34. The van der Waals surface area contributed by atoms with Crippen LogP contribution in [0.4, 0.5) is 5.69 Å². The van der Waals surface area contributed by atoms with Gasteiger partial charge in [-0.3, -0.25) is 9.59 Å². The van der Waals surface area contributed by atoms with E-state index in [-0.39, 0.29) is 17.3 Å². The van der Waals surface area contributed by atoms with Crippen molar-refractivity contribution in [3.05, 3.63) is 114 Å². The summed E-state index contributed by atoms with van der Waals surface area (Å²) >= 11 is 0. The maximum atomic E-state index is 13.5. The number of para-hydroxylation sites is 1. The van der Waals surface area contributed by atoms with E-state index in [1.165, 1.54) is 31.2 Å². The van der Waals surface area contributed by atoms with E-state index in [9.17, 15) is 18.0 Å². The minimum absolute atomic E-state index is 0.00202. The predicted octanol–water partition coefficient (Wildman–Crippen LogP) is 4.39. The number of anilines is 1. The van der Waals surface area contributed by atoms with Gasteiger partial charge in [-0.15, -0.1) is 0 Å². The van der Waals surface area contributed by atoms with E-state index in [1.54, 1.807) is 30.5 Å². The third-order valence-electron chi connectivity index (χ3n) is 6.21. The Balaban J connectivity index is 1.51. The van der Waals surface area contributed by atoms with Gasteiger partial charge in [-0.1, -0.05) is 48.5 Å². The Morgan fingerprint density at radius 2 is 1.55 bits per heavy atom. The lowest BCUT2D eigenvalue weighted by molar-refractivity contribution is -0.121. The summed E-state index contributed by atoms with van der Waals surface area (Å²) in [5, 5.41) is 6.72. The molecule has 1 aromatic heterocycles. The third-order valence-corrected chi connectivity index (χ3v) is 8.02. The van der Waals surface area contributed by atoms with Crippen LogP contribution >= 0.6 is 0 Å². The molecule has 4 aromatic rings. The Morgan fingerprint density at radius 1 is 0.925 bits per heavy atom. The Hall–Kier alpha value is -4.54. The quantitative estimate of drug-likeness (QED) is 0.222. The fraction of sp³-hybridized carbons (Fsp3) is 0.167. The number of carbonyl (C=O) groups excluding carboxylic acids is 2. The molecule has 0 bridgehead atoms. The van der Waals surface area contributed by atoms with Gasteiger partial charge in [-0.2, -0.15) is 9.41 Å². The SMILES string of the molecule is CC(=O)Nc1ccc(S(=O)(=O)N(CC(=O)N/N=C\c2cc(C)n(-c3ccccc3)c2C)Cc2ccccc2)cc1. The van der Waals surface area contributed by atoms with Crippen molar-refractivity contribution in [1.82, 2.24) is 14.3 Å². The highest BCUT2D eigenvalue weighted by atomic mass is 32.2. The highest BCUT2D eigenvalue weighted by Gasteiger charge is 2.27. The Morgan fingerprint density at radius 3 is 2.17 bits per heavy atom. The second kappa shape index (κ2) is 12.5. The topological polar surface area (TPSA) is 113 Å². The molecule has 0 fully saturated rings. The van der Waals surface area contributed by atoms with Gasteiger partial charge in [0.25, 0.3) is 5.91 Å². The first-order chi connectivity index (χ1) is 19.1. The maximum absolute atomic E-state index is 13.5. The molecule has 9 nitrogen and oxygen atoms in total. The van der Waals surface area contributed by atoms with E-state index in [2.05, 4.69) is 20.4 Å². The highest BCUT2D eigenvalue weighted by Crippen LogP contribution is 2.21. The molecule has 0 spiro atoms. The molecule has 40 heavy (non-hydrogen) atoms. The Kier molecular flexibility index (Phi) is 8.93. The molecule has 0 aliphatic carbocycles. The summed E-state index contributed by atoms with van der Waals surface area (Å²) in [6, 6.07) is 26.7. The van der Waals surface area contributed by atoms with Gasteiger partial charge in [-0.25, -0.2) is 13.8 Å². The molecule has 10 heteroatoms. The van der Waals surface area contributed by atoms with Crippen molar-refractivity contribution in [1.29, 1.82) is 0 Å². The molecule has 0 unspecified atom stereocenters. The van der Waals surface area contributed by atoms with E-state index >= 15 is 0 Å². The van der Waals surface area contributed by atoms with Crippen LogP contribution < -0.4 is 10.7 Å². The normalized spacial score (nSPS) is 11.6. The van der Waals surface area contributed by atoms with Crippen LogP contribution in [-0.4, -0.2) is 41.9 Å². The molecular weight excluding hydrogens is 526 g/mol. The van der Waals surface area contributed by atoms with Crippen molar-refractivity contribution in [3.63, 3.8) is 0 Å². The smallest absolute Gasteiger partial charge is 0.255 e. The molecule has 3 aromatic carbocycles. The molecule has 4 rings (SSSR count). The fourth-order valence-corrected chi connectivity index (χ4v) is 5.72. The molecule has 0 saturated carbocycles. The molecule has 0 saturated heterocycles. The van der Waals surface area contributed by atoms with Crippen molar-refractivity contribution in [3.8, 4) is 5.69 Å². The van der Waals surface area contributed by atoms with E-state index in [1.807, 2.05) is 56.3 Å². The lowest BCUT2D eigenvalue weighted by atomic mass is 10.2. The minimum atomic E-state index is -4.05. The number of benzene rings is 3. The molecular formula is C30H31N5O4S. The summed E-state index contributed by atoms with van der Waals surface area (Å²) in [5.41, 5.74) is 7.49. The zero-order valence-electron chi connectivity index (χ0n) is 22.5. The number of rotatable bonds is 10. The maximum Gasteiger partial charge on any atom is 0.255 e. The van der Waals surface area contributed by atoms with Crippen LogP contribution in [0.3, 0.4) is 0 Å². The van der Waals surface area contributed by atoms with Crippen LogP contribution in [0, 0.1) is 13.8 Å². The van der Waals surface area contributed by atoms with Crippen molar-refractivity contribution in [2.24, 2.45) is 5.10 Å². The molecule has 0 aliphatic heterocycles. The number of hydrazone groups is 1. The highest BCUT2D eigenvalue weighted by molar-refractivity contribution is 7.89. The first-order valence-electron chi connectivity index (χ1n) is 12.6. The summed E-state index contributed by atoms with van der Waals surface area (Å²) in [7, 11) is -4.05. The van der Waals surface area contributed by atoms with Crippen LogP contribution in [-0.2, 0) is 26.2 Å². The molecule has 0 aliphatic rings. The van der Waals surface area contributed by atoms with Crippen LogP contribution in [0.2, 0.25) is 0 Å². The molecule has 2 amide bonds. The summed E-state index contributed by atoms with van der Waals surface area (Å²) in [4.78, 5) is 24.2. The van der Waals surface area contributed by atoms with Crippen molar-refractivity contribution >= 4 is 33.7 Å². The number of aromatic nitrogens is 1. The molecule has 2 N–H and O–H groups in total. The van der Waals surface area contributed by atoms with Crippen molar-refractivity contribution in [2.75, 3.05) is 11.9 Å². The van der Waals surface area contributed by atoms with E-state index in [0.717, 1.165) is 32.5 Å². The predicted molar refractivity (Wildman–Crippen MR) is 156 cm³/mol. The summed E-state index contributed by atoms with van der Waals surface area (Å²) in [6.45, 7) is 4.88. The van der Waals surface area contributed by atoms with Gasteiger partial charge in [0.2, 0.25) is 15.9 Å². The number of hydrogen-bond acceptors (Lipinski definition) is 5. The number of nitrogens with one attached hydrogen (secondary N) is 2.